The highest BCUT2D eigenvalue weighted by atomic mass is 16.4. The van der Waals surface area contributed by atoms with Gasteiger partial charge in [-0.25, -0.2) is 0 Å². The van der Waals surface area contributed by atoms with Gasteiger partial charge < -0.3 is 10.0 Å². The number of rotatable bonds is 7. The van der Waals surface area contributed by atoms with Crippen LogP contribution in [0.25, 0.3) is 0 Å². The van der Waals surface area contributed by atoms with E-state index in [1.807, 2.05) is 0 Å². The van der Waals surface area contributed by atoms with Crippen LogP contribution in [0.2, 0.25) is 0 Å². The molecule has 0 heterocycles. The van der Waals surface area contributed by atoms with Crippen LogP contribution in [-0.2, 0) is 9.59 Å². The second-order valence-electron chi connectivity index (χ2n) is 6.16. The number of hydrogen-bond acceptors (Lipinski definition) is 2. The Bertz CT molecular complexity index is 399. The van der Waals surface area contributed by atoms with Gasteiger partial charge in [0.05, 0.1) is 5.92 Å². The number of carboxylic acid groups (broad SMARTS) is 1. The molecule has 0 radical (unpaired) electrons. The molecule has 2 aliphatic carbocycles. The van der Waals surface area contributed by atoms with Crippen molar-refractivity contribution in [2.75, 3.05) is 13.1 Å². The van der Waals surface area contributed by atoms with E-state index in [-0.39, 0.29) is 11.8 Å². The second kappa shape index (κ2) is 6.91. The molecule has 1 fully saturated rings. The van der Waals surface area contributed by atoms with Crippen molar-refractivity contribution in [1.82, 2.24) is 4.90 Å². The Kier molecular flexibility index (Phi) is 5.21. The molecule has 2 rings (SSSR count). The average molecular weight is 279 g/mol. The maximum Gasteiger partial charge on any atom is 0.308 e. The first-order valence-corrected chi connectivity index (χ1v) is 7.77. The van der Waals surface area contributed by atoms with Crippen molar-refractivity contribution >= 4 is 11.9 Å². The minimum absolute atomic E-state index is 0.162. The van der Waals surface area contributed by atoms with Crippen LogP contribution in [0.15, 0.2) is 11.6 Å². The zero-order valence-electron chi connectivity index (χ0n) is 12.3. The lowest BCUT2D eigenvalue weighted by atomic mass is 9.97. The van der Waals surface area contributed by atoms with E-state index in [1.54, 1.807) is 11.8 Å². The monoisotopic (exact) mass is 279 g/mol. The van der Waals surface area contributed by atoms with Gasteiger partial charge in [-0.15, -0.1) is 0 Å². The normalized spacial score (nSPS) is 20.1. The van der Waals surface area contributed by atoms with Gasteiger partial charge in [-0.1, -0.05) is 18.6 Å². The quantitative estimate of drug-likeness (QED) is 0.729. The van der Waals surface area contributed by atoms with Crippen molar-refractivity contribution in [2.45, 2.75) is 51.9 Å². The third-order valence-corrected chi connectivity index (χ3v) is 4.24. The Labute approximate surface area is 120 Å². The summed E-state index contributed by atoms with van der Waals surface area (Å²) < 4.78 is 0. The van der Waals surface area contributed by atoms with E-state index in [1.165, 1.54) is 18.4 Å². The fourth-order valence-corrected chi connectivity index (χ4v) is 2.70. The van der Waals surface area contributed by atoms with E-state index in [9.17, 15) is 9.59 Å². The summed E-state index contributed by atoms with van der Waals surface area (Å²) in [5.74, 6) is -0.987. The molecular formula is C16H25NO3. The molecule has 1 saturated carbocycles. The zero-order valence-corrected chi connectivity index (χ0v) is 12.3. The first kappa shape index (κ1) is 15.1. The zero-order chi connectivity index (χ0) is 14.5. The summed E-state index contributed by atoms with van der Waals surface area (Å²) in [5.41, 5.74) is 1.44. The number of allylic oxidation sites excluding steroid dienone is 1. The number of amides is 1. The van der Waals surface area contributed by atoms with Gasteiger partial charge in [0.15, 0.2) is 0 Å². The van der Waals surface area contributed by atoms with Gasteiger partial charge in [-0.3, -0.25) is 9.59 Å². The largest absolute Gasteiger partial charge is 0.481 e. The highest BCUT2D eigenvalue weighted by Crippen LogP contribution is 2.31. The molecule has 1 amide bonds. The molecule has 1 atom stereocenters. The van der Waals surface area contributed by atoms with Crippen LogP contribution >= 0.6 is 0 Å². The first-order chi connectivity index (χ1) is 9.58. The smallest absolute Gasteiger partial charge is 0.308 e. The molecule has 0 saturated heterocycles. The molecule has 0 spiro atoms. The van der Waals surface area contributed by atoms with Gasteiger partial charge in [-0.2, -0.15) is 0 Å². The van der Waals surface area contributed by atoms with E-state index in [4.69, 9.17) is 5.11 Å². The topological polar surface area (TPSA) is 57.6 Å². The molecule has 0 aliphatic heterocycles. The van der Waals surface area contributed by atoms with Crippen molar-refractivity contribution in [3.63, 3.8) is 0 Å². The summed E-state index contributed by atoms with van der Waals surface area (Å²) in [6, 6.07) is 0. The van der Waals surface area contributed by atoms with E-state index >= 15 is 0 Å². The summed E-state index contributed by atoms with van der Waals surface area (Å²) in [4.78, 5) is 25.0. The Morgan fingerprint density at radius 2 is 2.15 bits per heavy atom. The van der Waals surface area contributed by atoms with Gasteiger partial charge in [0.2, 0.25) is 5.91 Å². The van der Waals surface area contributed by atoms with Gasteiger partial charge in [0.25, 0.3) is 0 Å². The van der Waals surface area contributed by atoms with Crippen LogP contribution in [0, 0.1) is 11.8 Å². The fourth-order valence-electron chi connectivity index (χ4n) is 2.70. The van der Waals surface area contributed by atoms with Crippen LogP contribution in [-0.4, -0.2) is 35.0 Å². The minimum atomic E-state index is -0.824. The predicted octanol–water partition coefficient (Wildman–Crippen LogP) is 2.84. The van der Waals surface area contributed by atoms with E-state index in [2.05, 4.69) is 6.08 Å². The summed E-state index contributed by atoms with van der Waals surface area (Å²) in [6.07, 6.45) is 9.95. The highest BCUT2D eigenvalue weighted by molar-refractivity contribution is 5.81. The lowest BCUT2D eigenvalue weighted by molar-refractivity contribution is -0.143. The lowest BCUT2D eigenvalue weighted by Gasteiger charge is -2.25. The third-order valence-electron chi connectivity index (χ3n) is 4.24. The van der Waals surface area contributed by atoms with Crippen LogP contribution < -0.4 is 0 Å². The predicted molar refractivity (Wildman–Crippen MR) is 77.3 cm³/mol. The SMILES string of the molecule is CC(CN(CCC1=CCCCC1)C(=O)C1CC1)C(=O)O. The van der Waals surface area contributed by atoms with Crippen molar-refractivity contribution in [3.05, 3.63) is 11.6 Å². The lowest BCUT2D eigenvalue weighted by Crippen LogP contribution is -2.38. The van der Waals surface area contributed by atoms with Gasteiger partial charge in [-0.05, 0) is 44.9 Å². The molecule has 0 aromatic heterocycles. The molecule has 0 aromatic rings. The van der Waals surface area contributed by atoms with Crippen LogP contribution in [0.5, 0.6) is 0 Å². The second-order valence-corrected chi connectivity index (χ2v) is 6.16. The molecule has 0 aromatic carbocycles. The van der Waals surface area contributed by atoms with E-state index in [0.29, 0.717) is 13.1 Å². The van der Waals surface area contributed by atoms with Crippen LogP contribution in [0.1, 0.15) is 51.9 Å². The minimum Gasteiger partial charge on any atom is -0.481 e. The number of nitrogens with zero attached hydrogens (tertiary/aromatic N) is 1. The van der Waals surface area contributed by atoms with Gasteiger partial charge in [0.1, 0.15) is 0 Å². The Morgan fingerprint density at radius 1 is 1.40 bits per heavy atom. The molecule has 4 heteroatoms. The van der Waals surface area contributed by atoms with Crippen molar-refractivity contribution < 1.29 is 14.7 Å². The molecule has 4 nitrogen and oxygen atoms in total. The number of carbonyl (C=O) groups excluding carboxylic acids is 1. The summed E-state index contributed by atoms with van der Waals surface area (Å²) in [6.45, 7) is 2.70. The molecule has 1 unspecified atom stereocenters. The van der Waals surface area contributed by atoms with Crippen molar-refractivity contribution in [2.24, 2.45) is 11.8 Å². The van der Waals surface area contributed by atoms with Gasteiger partial charge >= 0.3 is 5.97 Å². The number of aliphatic carboxylic acids is 1. The standard InChI is InChI=1S/C16H25NO3/c1-12(16(19)20)11-17(15(18)14-7-8-14)10-9-13-5-3-2-4-6-13/h5,12,14H,2-4,6-11H2,1H3,(H,19,20). The molecule has 20 heavy (non-hydrogen) atoms. The van der Waals surface area contributed by atoms with Crippen molar-refractivity contribution in [3.8, 4) is 0 Å². The van der Waals surface area contributed by atoms with E-state index in [0.717, 1.165) is 32.1 Å². The maximum atomic E-state index is 12.2. The fraction of sp³-hybridized carbons (Fsp3) is 0.750. The summed E-state index contributed by atoms with van der Waals surface area (Å²) in [7, 11) is 0. The Hall–Kier alpha value is -1.32. The molecular weight excluding hydrogens is 254 g/mol. The number of carbonyl (C=O) groups is 2. The van der Waals surface area contributed by atoms with Gasteiger partial charge in [0, 0.05) is 19.0 Å². The summed E-state index contributed by atoms with van der Waals surface area (Å²) >= 11 is 0. The number of hydrogen-bond donors (Lipinski definition) is 1. The Morgan fingerprint density at radius 3 is 2.70 bits per heavy atom. The highest BCUT2D eigenvalue weighted by Gasteiger charge is 2.34. The third kappa shape index (κ3) is 4.36. The van der Waals surface area contributed by atoms with Crippen LogP contribution in [0.3, 0.4) is 0 Å². The van der Waals surface area contributed by atoms with Crippen LogP contribution in [0.4, 0.5) is 0 Å². The number of carboxylic acids is 1. The summed E-state index contributed by atoms with van der Waals surface area (Å²) in [5, 5.41) is 9.03. The Balaban J connectivity index is 1.89. The molecule has 2 aliphatic rings. The van der Waals surface area contributed by atoms with Crippen molar-refractivity contribution in [1.29, 1.82) is 0 Å². The molecule has 112 valence electrons. The van der Waals surface area contributed by atoms with E-state index < -0.39 is 11.9 Å². The molecule has 1 N–H and O–H groups in total. The molecule has 0 bridgehead atoms. The average Bonchev–Trinajstić information content (AvgIpc) is 3.28. The first-order valence-electron chi connectivity index (χ1n) is 7.77. The maximum absolute atomic E-state index is 12.2.